The monoisotopic (exact) mass is 193 g/mol. The van der Waals surface area contributed by atoms with Gasteiger partial charge in [0.1, 0.15) is 0 Å². The molecular weight excluding hydrogens is 182 g/mol. The first kappa shape index (κ1) is 8.96. The van der Waals surface area contributed by atoms with Crippen molar-refractivity contribution in [1.82, 2.24) is 9.88 Å². The van der Waals surface area contributed by atoms with Crippen LogP contribution in [0.3, 0.4) is 0 Å². The first-order valence-corrected chi connectivity index (χ1v) is 4.40. The number of H-pyrrole nitrogens is 1. The lowest BCUT2D eigenvalue weighted by Gasteiger charge is -2.36. The molecular formula is C9H11N3O2. The highest BCUT2D eigenvalue weighted by atomic mass is 16.2. The van der Waals surface area contributed by atoms with Gasteiger partial charge in [-0.05, 0) is 6.07 Å². The van der Waals surface area contributed by atoms with Gasteiger partial charge in [0.15, 0.2) is 0 Å². The van der Waals surface area contributed by atoms with Gasteiger partial charge in [0.05, 0.1) is 0 Å². The molecule has 0 aliphatic carbocycles. The summed E-state index contributed by atoms with van der Waals surface area (Å²) in [7, 11) is 0. The Morgan fingerprint density at radius 1 is 1.57 bits per heavy atom. The van der Waals surface area contributed by atoms with E-state index in [0.717, 1.165) is 0 Å². The molecule has 1 aromatic heterocycles. The highest BCUT2D eigenvalue weighted by molar-refractivity contribution is 5.94. The summed E-state index contributed by atoms with van der Waals surface area (Å²) in [6.45, 7) is 1.15. The van der Waals surface area contributed by atoms with E-state index in [2.05, 4.69) is 4.98 Å². The van der Waals surface area contributed by atoms with E-state index in [1.807, 2.05) is 0 Å². The van der Waals surface area contributed by atoms with E-state index in [4.69, 9.17) is 5.73 Å². The molecule has 0 saturated carbocycles. The zero-order valence-corrected chi connectivity index (χ0v) is 7.56. The molecule has 3 N–H and O–H groups in total. The fourth-order valence-corrected chi connectivity index (χ4v) is 1.44. The third-order valence-electron chi connectivity index (χ3n) is 2.22. The predicted octanol–water partition coefficient (Wildman–Crippen LogP) is -0.842. The van der Waals surface area contributed by atoms with Crippen LogP contribution in [0.2, 0.25) is 0 Å². The normalized spacial score (nSPS) is 16.5. The molecule has 0 unspecified atom stereocenters. The number of nitrogens with two attached hydrogens (primary N) is 1. The molecule has 0 atom stereocenters. The minimum Gasteiger partial charge on any atom is -0.335 e. The van der Waals surface area contributed by atoms with Gasteiger partial charge >= 0.3 is 0 Å². The molecule has 0 bridgehead atoms. The van der Waals surface area contributed by atoms with E-state index < -0.39 is 0 Å². The molecule has 1 aliphatic rings. The predicted molar refractivity (Wildman–Crippen MR) is 50.9 cm³/mol. The van der Waals surface area contributed by atoms with Gasteiger partial charge in [0, 0.05) is 37.0 Å². The van der Waals surface area contributed by atoms with E-state index in [1.165, 1.54) is 12.3 Å². The van der Waals surface area contributed by atoms with Crippen molar-refractivity contribution in [2.75, 3.05) is 13.1 Å². The number of carbonyl (C=O) groups is 1. The Morgan fingerprint density at radius 3 is 2.86 bits per heavy atom. The average molecular weight is 193 g/mol. The van der Waals surface area contributed by atoms with Crippen LogP contribution in [0.1, 0.15) is 10.4 Å². The Balaban J connectivity index is 2.16. The summed E-state index contributed by atoms with van der Waals surface area (Å²) >= 11 is 0. The van der Waals surface area contributed by atoms with Gasteiger partial charge < -0.3 is 15.6 Å². The SMILES string of the molecule is NC1CN(C(=O)c2cc[nH]c(=O)c2)C1. The van der Waals surface area contributed by atoms with E-state index in [-0.39, 0.29) is 17.5 Å². The molecule has 1 aromatic rings. The summed E-state index contributed by atoms with van der Waals surface area (Å²) in [6, 6.07) is 2.97. The van der Waals surface area contributed by atoms with E-state index >= 15 is 0 Å². The molecule has 1 saturated heterocycles. The molecule has 2 rings (SSSR count). The summed E-state index contributed by atoms with van der Waals surface area (Å²) < 4.78 is 0. The summed E-state index contributed by atoms with van der Waals surface area (Å²) in [5.41, 5.74) is 5.71. The highest BCUT2D eigenvalue weighted by Gasteiger charge is 2.28. The molecule has 1 aliphatic heterocycles. The van der Waals surface area contributed by atoms with Crippen molar-refractivity contribution in [2.45, 2.75) is 6.04 Å². The Hall–Kier alpha value is -1.62. The summed E-state index contributed by atoms with van der Waals surface area (Å²) in [5, 5.41) is 0. The van der Waals surface area contributed by atoms with Gasteiger partial charge in [-0.15, -0.1) is 0 Å². The summed E-state index contributed by atoms with van der Waals surface area (Å²) in [5.74, 6) is -0.127. The van der Waals surface area contributed by atoms with Crippen molar-refractivity contribution in [3.63, 3.8) is 0 Å². The van der Waals surface area contributed by atoms with Crippen molar-refractivity contribution in [3.05, 3.63) is 34.2 Å². The van der Waals surface area contributed by atoms with Crippen LogP contribution < -0.4 is 11.3 Å². The third-order valence-corrected chi connectivity index (χ3v) is 2.22. The van der Waals surface area contributed by atoms with Crippen LogP contribution in [-0.2, 0) is 0 Å². The number of carbonyl (C=O) groups excluding carboxylic acids is 1. The number of pyridine rings is 1. The van der Waals surface area contributed by atoms with Gasteiger partial charge in [0.2, 0.25) is 5.56 Å². The zero-order chi connectivity index (χ0) is 10.1. The maximum absolute atomic E-state index is 11.6. The van der Waals surface area contributed by atoms with Gasteiger partial charge in [-0.25, -0.2) is 0 Å². The van der Waals surface area contributed by atoms with Crippen molar-refractivity contribution in [3.8, 4) is 0 Å². The number of aromatic nitrogens is 1. The van der Waals surface area contributed by atoms with Gasteiger partial charge in [0.25, 0.3) is 5.91 Å². The minimum atomic E-state index is -0.263. The smallest absolute Gasteiger partial charge is 0.254 e. The molecule has 1 fully saturated rings. The number of hydrogen-bond acceptors (Lipinski definition) is 3. The van der Waals surface area contributed by atoms with Gasteiger partial charge in [-0.1, -0.05) is 0 Å². The molecule has 0 spiro atoms. The second kappa shape index (κ2) is 3.26. The van der Waals surface area contributed by atoms with Crippen molar-refractivity contribution in [1.29, 1.82) is 0 Å². The van der Waals surface area contributed by atoms with Crippen LogP contribution in [0.5, 0.6) is 0 Å². The maximum atomic E-state index is 11.6. The van der Waals surface area contributed by atoms with Crippen molar-refractivity contribution in [2.24, 2.45) is 5.73 Å². The number of hydrogen-bond donors (Lipinski definition) is 2. The topological polar surface area (TPSA) is 79.2 Å². The van der Waals surface area contributed by atoms with E-state index in [0.29, 0.717) is 18.7 Å². The quantitative estimate of drug-likeness (QED) is 0.610. The maximum Gasteiger partial charge on any atom is 0.254 e. The van der Waals surface area contributed by atoms with Crippen LogP contribution in [0, 0.1) is 0 Å². The fourth-order valence-electron chi connectivity index (χ4n) is 1.44. The Kier molecular flexibility index (Phi) is 2.09. The lowest BCUT2D eigenvalue weighted by Crippen LogP contribution is -2.57. The Bertz CT molecular complexity index is 407. The summed E-state index contributed by atoms with van der Waals surface area (Å²) in [6.07, 6.45) is 1.47. The standard InChI is InChI=1S/C9H11N3O2/c10-7-4-12(5-7)9(14)6-1-2-11-8(13)3-6/h1-3,7H,4-5,10H2,(H,11,13). The van der Waals surface area contributed by atoms with Crippen LogP contribution in [0.15, 0.2) is 23.1 Å². The molecule has 5 nitrogen and oxygen atoms in total. The van der Waals surface area contributed by atoms with Crippen LogP contribution in [-0.4, -0.2) is 34.9 Å². The molecule has 2 heterocycles. The number of rotatable bonds is 1. The molecule has 5 heteroatoms. The van der Waals surface area contributed by atoms with Gasteiger partial charge in [-0.2, -0.15) is 0 Å². The molecule has 1 amide bonds. The number of nitrogens with zero attached hydrogens (tertiary/aromatic N) is 1. The Labute approximate surface area is 80.5 Å². The fraction of sp³-hybridized carbons (Fsp3) is 0.333. The first-order chi connectivity index (χ1) is 6.66. The van der Waals surface area contributed by atoms with E-state index in [9.17, 15) is 9.59 Å². The molecule has 74 valence electrons. The number of aromatic amines is 1. The van der Waals surface area contributed by atoms with Crippen LogP contribution >= 0.6 is 0 Å². The van der Waals surface area contributed by atoms with Crippen LogP contribution in [0.25, 0.3) is 0 Å². The highest BCUT2D eigenvalue weighted by Crippen LogP contribution is 2.10. The molecule has 14 heavy (non-hydrogen) atoms. The molecule has 0 aromatic carbocycles. The van der Waals surface area contributed by atoms with Crippen molar-refractivity contribution < 1.29 is 4.79 Å². The van der Waals surface area contributed by atoms with E-state index in [1.54, 1.807) is 11.0 Å². The second-order valence-electron chi connectivity index (χ2n) is 3.41. The second-order valence-corrected chi connectivity index (χ2v) is 3.41. The zero-order valence-electron chi connectivity index (χ0n) is 7.56. The minimum absolute atomic E-state index is 0.0842. The Morgan fingerprint density at radius 2 is 2.29 bits per heavy atom. The molecule has 0 radical (unpaired) electrons. The number of amides is 1. The summed E-state index contributed by atoms with van der Waals surface area (Å²) in [4.78, 5) is 26.7. The largest absolute Gasteiger partial charge is 0.335 e. The van der Waals surface area contributed by atoms with Crippen molar-refractivity contribution >= 4 is 5.91 Å². The average Bonchev–Trinajstić information content (AvgIpc) is 2.12. The number of likely N-dealkylation sites (tertiary alicyclic amines) is 1. The number of nitrogens with one attached hydrogen (secondary N) is 1. The van der Waals surface area contributed by atoms with Gasteiger partial charge in [-0.3, -0.25) is 9.59 Å². The lowest BCUT2D eigenvalue weighted by atomic mass is 10.1. The first-order valence-electron chi connectivity index (χ1n) is 4.40. The van der Waals surface area contributed by atoms with Crippen LogP contribution in [0.4, 0.5) is 0 Å². The third kappa shape index (κ3) is 1.54. The lowest BCUT2D eigenvalue weighted by molar-refractivity contribution is 0.0608.